The van der Waals surface area contributed by atoms with Crippen LogP contribution in [0.4, 0.5) is 0 Å². The average Bonchev–Trinajstić information content (AvgIpc) is 2.66. The molecular weight excluding hydrogens is 312 g/mol. The lowest BCUT2D eigenvalue weighted by atomic mass is 10.1. The lowest BCUT2D eigenvalue weighted by Crippen LogP contribution is -2.10. The number of hydrogen-bond acceptors (Lipinski definition) is 3. The first kappa shape index (κ1) is 17.2. The fourth-order valence-electron chi connectivity index (χ4n) is 2.90. The smallest absolute Gasteiger partial charge is 0.161 e. The second-order valence-electron chi connectivity index (χ2n) is 5.91. The minimum Gasteiger partial charge on any atom is -0.493 e. The van der Waals surface area contributed by atoms with Gasteiger partial charge in [-0.3, -0.25) is 0 Å². The van der Waals surface area contributed by atoms with Crippen molar-refractivity contribution >= 4 is 10.8 Å². The van der Waals surface area contributed by atoms with Gasteiger partial charge in [-0.15, -0.1) is 0 Å². The molecule has 3 rings (SSSR count). The van der Waals surface area contributed by atoms with Gasteiger partial charge in [0, 0.05) is 5.39 Å². The third-order valence-electron chi connectivity index (χ3n) is 4.11. The van der Waals surface area contributed by atoms with Crippen LogP contribution in [0.3, 0.4) is 0 Å². The Morgan fingerprint density at radius 2 is 1.52 bits per heavy atom. The van der Waals surface area contributed by atoms with Gasteiger partial charge < -0.3 is 14.2 Å². The molecule has 0 radical (unpaired) electrons. The number of rotatable bonds is 8. The van der Waals surface area contributed by atoms with Gasteiger partial charge >= 0.3 is 0 Å². The summed E-state index contributed by atoms with van der Waals surface area (Å²) in [4.78, 5) is 0. The molecule has 130 valence electrons. The maximum atomic E-state index is 5.93. The molecule has 0 aliphatic heterocycles. The lowest BCUT2D eigenvalue weighted by Gasteiger charge is -2.13. The molecule has 0 spiro atoms. The molecule has 0 bridgehead atoms. The number of methoxy groups -OCH3 is 1. The van der Waals surface area contributed by atoms with E-state index >= 15 is 0 Å². The molecule has 3 aromatic rings. The summed E-state index contributed by atoms with van der Waals surface area (Å²) in [6.45, 7) is 3.12. The van der Waals surface area contributed by atoms with Gasteiger partial charge in [-0.2, -0.15) is 0 Å². The molecule has 0 fully saturated rings. The minimum atomic E-state index is 0.467. The molecule has 0 atom stereocenters. The Kier molecular flexibility index (Phi) is 5.78. The van der Waals surface area contributed by atoms with Crippen LogP contribution < -0.4 is 14.2 Å². The second kappa shape index (κ2) is 8.43. The lowest BCUT2D eigenvalue weighted by molar-refractivity contribution is 0.212. The first-order chi connectivity index (χ1) is 12.3. The molecule has 0 amide bonds. The van der Waals surface area contributed by atoms with E-state index in [2.05, 4.69) is 37.3 Å². The highest BCUT2D eigenvalue weighted by molar-refractivity contribution is 5.88. The van der Waals surface area contributed by atoms with E-state index in [-0.39, 0.29) is 0 Å². The van der Waals surface area contributed by atoms with Crippen molar-refractivity contribution < 1.29 is 14.2 Å². The Morgan fingerprint density at radius 3 is 2.32 bits per heavy atom. The van der Waals surface area contributed by atoms with Crippen molar-refractivity contribution in [3.05, 3.63) is 66.2 Å². The first-order valence-corrected chi connectivity index (χ1v) is 8.72. The van der Waals surface area contributed by atoms with Crippen LogP contribution in [0, 0.1) is 0 Å². The normalized spacial score (nSPS) is 10.6. The summed E-state index contributed by atoms with van der Waals surface area (Å²) in [6, 6.07) is 20.4. The molecule has 0 aromatic heterocycles. The fourth-order valence-corrected chi connectivity index (χ4v) is 2.90. The van der Waals surface area contributed by atoms with Crippen molar-refractivity contribution in [1.29, 1.82) is 0 Å². The Labute approximate surface area is 149 Å². The van der Waals surface area contributed by atoms with Crippen LogP contribution in [0.2, 0.25) is 0 Å². The predicted octanol–water partition coefficient (Wildman–Crippen LogP) is 5.26. The Bertz CT molecular complexity index is 821. The van der Waals surface area contributed by atoms with Gasteiger partial charge in [-0.25, -0.2) is 0 Å². The monoisotopic (exact) mass is 336 g/mol. The highest BCUT2D eigenvalue weighted by atomic mass is 16.5. The van der Waals surface area contributed by atoms with Crippen molar-refractivity contribution in [3.8, 4) is 17.2 Å². The predicted molar refractivity (Wildman–Crippen MR) is 102 cm³/mol. The van der Waals surface area contributed by atoms with Gasteiger partial charge in [0.05, 0.1) is 7.11 Å². The van der Waals surface area contributed by atoms with Crippen molar-refractivity contribution in [1.82, 2.24) is 0 Å². The molecule has 3 nitrogen and oxygen atoms in total. The maximum absolute atomic E-state index is 5.93. The zero-order valence-corrected chi connectivity index (χ0v) is 14.8. The maximum Gasteiger partial charge on any atom is 0.161 e. The molecule has 0 unspecified atom stereocenters. The van der Waals surface area contributed by atoms with Crippen molar-refractivity contribution in [2.24, 2.45) is 0 Å². The molecule has 25 heavy (non-hydrogen) atoms. The van der Waals surface area contributed by atoms with Gasteiger partial charge in [0.1, 0.15) is 19.0 Å². The zero-order chi connectivity index (χ0) is 17.5. The summed E-state index contributed by atoms with van der Waals surface area (Å²) in [5.74, 6) is 2.41. The molecule has 0 saturated heterocycles. The van der Waals surface area contributed by atoms with Crippen LogP contribution >= 0.6 is 0 Å². The Hall–Kier alpha value is -2.68. The van der Waals surface area contributed by atoms with E-state index in [1.165, 1.54) is 10.9 Å². The first-order valence-electron chi connectivity index (χ1n) is 8.72. The molecule has 0 N–H and O–H groups in total. The second-order valence-corrected chi connectivity index (χ2v) is 5.91. The molecule has 3 aromatic carbocycles. The van der Waals surface area contributed by atoms with Crippen LogP contribution in [-0.2, 0) is 6.42 Å². The van der Waals surface area contributed by atoms with Gasteiger partial charge in [-0.05, 0) is 35.6 Å². The van der Waals surface area contributed by atoms with Crippen LogP contribution in [0.25, 0.3) is 10.8 Å². The summed E-state index contributed by atoms with van der Waals surface area (Å²) in [6.07, 6.45) is 2.14. The number of fused-ring (bicyclic) bond motifs is 1. The SMILES string of the molecule is CCCc1ccc(OC)c(OCCOc2cccc3ccccc23)c1. The minimum absolute atomic E-state index is 0.467. The van der Waals surface area contributed by atoms with Crippen molar-refractivity contribution in [2.45, 2.75) is 19.8 Å². The van der Waals surface area contributed by atoms with Crippen molar-refractivity contribution in [3.63, 3.8) is 0 Å². The van der Waals surface area contributed by atoms with E-state index in [1.54, 1.807) is 7.11 Å². The van der Waals surface area contributed by atoms with Crippen LogP contribution in [0.5, 0.6) is 17.2 Å². The third-order valence-corrected chi connectivity index (χ3v) is 4.11. The standard InChI is InChI=1S/C22H24O3/c1-3-7-17-12-13-21(23-2)22(16-17)25-15-14-24-20-11-6-9-18-8-4-5-10-19(18)20/h4-6,8-13,16H,3,7,14-15H2,1-2H3. The molecule has 3 heteroatoms. The van der Waals surface area contributed by atoms with Gasteiger partial charge in [0.15, 0.2) is 11.5 Å². The molecule has 0 heterocycles. The highest BCUT2D eigenvalue weighted by Crippen LogP contribution is 2.29. The summed E-state index contributed by atoms with van der Waals surface area (Å²) in [7, 11) is 1.66. The summed E-state index contributed by atoms with van der Waals surface area (Å²) >= 11 is 0. The van der Waals surface area contributed by atoms with E-state index in [4.69, 9.17) is 14.2 Å². The van der Waals surface area contributed by atoms with Crippen molar-refractivity contribution in [2.75, 3.05) is 20.3 Å². The highest BCUT2D eigenvalue weighted by Gasteiger charge is 2.06. The van der Waals surface area contributed by atoms with Gasteiger partial charge in [0.2, 0.25) is 0 Å². The van der Waals surface area contributed by atoms with Gasteiger partial charge in [-0.1, -0.05) is 55.8 Å². The summed E-state index contributed by atoms with van der Waals surface area (Å²) in [5, 5.41) is 2.29. The van der Waals surface area contributed by atoms with E-state index in [0.717, 1.165) is 35.5 Å². The third kappa shape index (κ3) is 4.24. The van der Waals surface area contributed by atoms with Crippen LogP contribution in [-0.4, -0.2) is 20.3 Å². The average molecular weight is 336 g/mol. The van der Waals surface area contributed by atoms with E-state index in [1.807, 2.05) is 30.3 Å². The quantitative estimate of drug-likeness (QED) is 0.525. The molecule has 0 aliphatic carbocycles. The van der Waals surface area contributed by atoms with Crippen LogP contribution in [0.15, 0.2) is 60.7 Å². The number of hydrogen-bond donors (Lipinski definition) is 0. The van der Waals surface area contributed by atoms with Gasteiger partial charge in [0.25, 0.3) is 0 Å². The topological polar surface area (TPSA) is 27.7 Å². The number of ether oxygens (including phenoxy) is 3. The largest absolute Gasteiger partial charge is 0.493 e. The zero-order valence-electron chi connectivity index (χ0n) is 14.8. The van der Waals surface area contributed by atoms with E-state index in [0.29, 0.717) is 13.2 Å². The molecular formula is C22H24O3. The van der Waals surface area contributed by atoms with E-state index in [9.17, 15) is 0 Å². The summed E-state index contributed by atoms with van der Waals surface area (Å²) in [5.41, 5.74) is 1.26. The molecule has 0 saturated carbocycles. The Morgan fingerprint density at radius 1 is 0.760 bits per heavy atom. The van der Waals surface area contributed by atoms with E-state index < -0.39 is 0 Å². The van der Waals surface area contributed by atoms with Crippen LogP contribution in [0.1, 0.15) is 18.9 Å². The summed E-state index contributed by atoms with van der Waals surface area (Å²) < 4.78 is 17.2. The Balaban J connectivity index is 1.62. The number of aryl methyl sites for hydroxylation is 1. The molecule has 0 aliphatic rings. The fraction of sp³-hybridized carbons (Fsp3) is 0.273. The number of benzene rings is 3.